The van der Waals surface area contributed by atoms with E-state index in [0.29, 0.717) is 4.47 Å². The molecule has 0 radical (unpaired) electrons. The molecule has 1 aromatic rings. The van der Waals surface area contributed by atoms with Gasteiger partial charge in [-0.3, -0.25) is 0 Å². The molecule has 1 aromatic carbocycles. The molecule has 0 aliphatic heterocycles. The third-order valence-electron chi connectivity index (χ3n) is 1.27. The molecule has 0 saturated heterocycles. The number of phenols is 1. The second kappa shape index (κ2) is 3.33. The lowest BCUT2D eigenvalue weighted by Gasteiger charge is -2.01. The first-order valence-corrected chi connectivity index (χ1v) is 4.10. The summed E-state index contributed by atoms with van der Waals surface area (Å²) >= 11 is 8.65. The summed E-state index contributed by atoms with van der Waals surface area (Å²) < 4.78 is 0.465. The quantitative estimate of drug-likeness (QED) is 0.806. The van der Waals surface area contributed by atoms with Gasteiger partial charge >= 0.3 is 5.97 Å². The van der Waals surface area contributed by atoms with Crippen LogP contribution in [0.1, 0.15) is 10.4 Å². The number of hydrogen-bond acceptors (Lipinski definition) is 2. The minimum Gasteiger partial charge on any atom is -0.507 e. The number of carbonyl (C=O) groups is 1. The van der Waals surface area contributed by atoms with Crippen LogP contribution in [0.25, 0.3) is 0 Å². The Kier molecular flexibility index (Phi) is 2.59. The smallest absolute Gasteiger partial charge is 0.339 e. The second-order valence-electron chi connectivity index (χ2n) is 2.09. The van der Waals surface area contributed by atoms with E-state index in [-0.39, 0.29) is 16.3 Å². The summed E-state index contributed by atoms with van der Waals surface area (Å²) in [5, 5.41) is 17.9. The highest BCUT2D eigenvalue weighted by Crippen LogP contribution is 2.29. The van der Waals surface area contributed by atoms with Crippen LogP contribution in [0.3, 0.4) is 0 Å². The van der Waals surface area contributed by atoms with Crippen molar-refractivity contribution in [2.75, 3.05) is 0 Å². The summed E-state index contributed by atoms with van der Waals surface area (Å²) in [6, 6.07) is 2.43. The standard InChI is InChI=1S/C7H4BrClO3/c8-4-2-6(10)3(7(11)12)1-5(4)9/h1-2,10H,(H,11,12). The van der Waals surface area contributed by atoms with Gasteiger partial charge in [0.15, 0.2) is 0 Å². The van der Waals surface area contributed by atoms with E-state index >= 15 is 0 Å². The van der Waals surface area contributed by atoms with Gasteiger partial charge < -0.3 is 10.2 Å². The van der Waals surface area contributed by atoms with E-state index in [0.717, 1.165) is 0 Å². The summed E-state index contributed by atoms with van der Waals surface area (Å²) in [6.45, 7) is 0. The number of carboxylic acids is 1. The van der Waals surface area contributed by atoms with Crippen molar-refractivity contribution in [3.8, 4) is 5.75 Å². The summed E-state index contributed by atoms with van der Waals surface area (Å²) in [5.74, 6) is -1.51. The van der Waals surface area contributed by atoms with Gasteiger partial charge in [-0.25, -0.2) is 4.79 Å². The molecule has 3 nitrogen and oxygen atoms in total. The van der Waals surface area contributed by atoms with E-state index in [1.54, 1.807) is 0 Å². The lowest BCUT2D eigenvalue weighted by molar-refractivity contribution is 0.0693. The maximum Gasteiger partial charge on any atom is 0.339 e. The van der Waals surface area contributed by atoms with E-state index in [9.17, 15) is 4.79 Å². The molecule has 0 aromatic heterocycles. The summed E-state index contributed by atoms with van der Waals surface area (Å²) in [6.07, 6.45) is 0. The van der Waals surface area contributed by atoms with Crippen molar-refractivity contribution < 1.29 is 15.0 Å². The van der Waals surface area contributed by atoms with Crippen LogP contribution in [-0.4, -0.2) is 16.2 Å². The van der Waals surface area contributed by atoms with Crippen molar-refractivity contribution in [2.45, 2.75) is 0 Å². The molecule has 5 heteroatoms. The van der Waals surface area contributed by atoms with Crippen LogP contribution in [0.4, 0.5) is 0 Å². The lowest BCUT2D eigenvalue weighted by Crippen LogP contribution is -1.96. The van der Waals surface area contributed by atoms with Crippen molar-refractivity contribution in [3.63, 3.8) is 0 Å². The lowest BCUT2D eigenvalue weighted by atomic mass is 10.2. The van der Waals surface area contributed by atoms with Crippen molar-refractivity contribution in [1.29, 1.82) is 0 Å². The van der Waals surface area contributed by atoms with Crippen molar-refractivity contribution >= 4 is 33.5 Å². The van der Waals surface area contributed by atoms with Gasteiger partial charge in [0.05, 0.1) is 5.02 Å². The van der Waals surface area contributed by atoms with Gasteiger partial charge in [0.25, 0.3) is 0 Å². The molecular weight excluding hydrogens is 247 g/mol. The van der Waals surface area contributed by atoms with Crippen molar-refractivity contribution in [2.24, 2.45) is 0 Å². The first-order valence-electron chi connectivity index (χ1n) is 2.93. The first kappa shape index (κ1) is 9.35. The molecule has 0 aliphatic rings. The van der Waals surface area contributed by atoms with E-state index in [4.69, 9.17) is 21.8 Å². The topological polar surface area (TPSA) is 57.5 Å². The Morgan fingerprint density at radius 2 is 2.08 bits per heavy atom. The Labute approximate surface area is 81.7 Å². The van der Waals surface area contributed by atoms with Gasteiger partial charge in [-0.2, -0.15) is 0 Å². The minimum absolute atomic E-state index is 0.205. The number of halogens is 2. The Balaban J connectivity index is 3.33. The zero-order valence-electron chi connectivity index (χ0n) is 5.71. The van der Waals surface area contributed by atoms with Crippen LogP contribution in [0.2, 0.25) is 5.02 Å². The molecule has 0 amide bonds. The predicted molar refractivity (Wildman–Crippen MR) is 47.8 cm³/mol. The number of hydrogen-bond donors (Lipinski definition) is 2. The molecule has 0 spiro atoms. The van der Waals surface area contributed by atoms with Gasteiger partial charge in [0.1, 0.15) is 11.3 Å². The summed E-state index contributed by atoms with van der Waals surface area (Å²) in [4.78, 5) is 10.5. The molecule has 0 fully saturated rings. The Morgan fingerprint density at radius 3 is 2.58 bits per heavy atom. The molecule has 0 unspecified atom stereocenters. The third kappa shape index (κ3) is 1.70. The fraction of sp³-hybridized carbons (Fsp3) is 0. The zero-order valence-corrected chi connectivity index (χ0v) is 8.06. The number of benzene rings is 1. The van der Waals surface area contributed by atoms with E-state index < -0.39 is 5.97 Å². The Morgan fingerprint density at radius 1 is 1.50 bits per heavy atom. The zero-order chi connectivity index (χ0) is 9.30. The molecule has 2 N–H and O–H groups in total. The van der Waals surface area contributed by atoms with Crippen LogP contribution in [0.5, 0.6) is 5.75 Å². The van der Waals surface area contributed by atoms with E-state index in [1.807, 2.05) is 0 Å². The molecule has 12 heavy (non-hydrogen) atoms. The summed E-state index contributed by atoms with van der Waals surface area (Å²) in [5.41, 5.74) is -0.205. The number of carboxylic acid groups (broad SMARTS) is 1. The van der Waals surface area contributed by atoms with Crippen LogP contribution >= 0.6 is 27.5 Å². The molecular formula is C7H4BrClO3. The van der Waals surface area contributed by atoms with Crippen LogP contribution in [-0.2, 0) is 0 Å². The number of aromatic carboxylic acids is 1. The molecule has 1 rings (SSSR count). The van der Waals surface area contributed by atoms with E-state index in [2.05, 4.69) is 15.9 Å². The number of aromatic hydroxyl groups is 1. The molecule has 0 heterocycles. The van der Waals surface area contributed by atoms with Gasteiger partial charge in [0.2, 0.25) is 0 Å². The van der Waals surface area contributed by atoms with Gasteiger partial charge in [-0.15, -0.1) is 0 Å². The largest absolute Gasteiger partial charge is 0.507 e. The van der Waals surface area contributed by atoms with Gasteiger partial charge in [0, 0.05) is 4.47 Å². The highest BCUT2D eigenvalue weighted by molar-refractivity contribution is 9.10. The molecule has 0 aliphatic carbocycles. The normalized spacial score (nSPS) is 9.83. The second-order valence-corrected chi connectivity index (χ2v) is 3.35. The van der Waals surface area contributed by atoms with Gasteiger partial charge in [-0.1, -0.05) is 11.6 Å². The first-order chi connectivity index (χ1) is 5.52. The average molecular weight is 251 g/mol. The monoisotopic (exact) mass is 250 g/mol. The van der Waals surface area contributed by atoms with Crippen LogP contribution in [0.15, 0.2) is 16.6 Å². The fourth-order valence-electron chi connectivity index (χ4n) is 0.708. The van der Waals surface area contributed by atoms with Crippen LogP contribution < -0.4 is 0 Å². The van der Waals surface area contributed by atoms with Crippen molar-refractivity contribution in [3.05, 3.63) is 27.2 Å². The minimum atomic E-state index is -1.21. The van der Waals surface area contributed by atoms with Crippen LogP contribution in [0, 0.1) is 0 Å². The maximum atomic E-state index is 10.5. The Hall–Kier alpha value is -0.740. The molecule has 0 bridgehead atoms. The highest BCUT2D eigenvalue weighted by atomic mass is 79.9. The fourth-order valence-corrected chi connectivity index (χ4v) is 1.20. The summed E-state index contributed by atoms with van der Waals surface area (Å²) in [7, 11) is 0. The number of rotatable bonds is 1. The Bertz CT molecular complexity index is 338. The third-order valence-corrected chi connectivity index (χ3v) is 2.47. The van der Waals surface area contributed by atoms with Crippen molar-refractivity contribution in [1.82, 2.24) is 0 Å². The van der Waals surface area contributed by atoms with E-state index in [1.165, 1.54) is 12.1 Å². The molecule has 0 saturated carbocycles. The predicted octanol–water partition coefficient (Wildman–Crippen LogP) is 2.51. The van der Waals surface area contributed by atoms with Gasteiger partial charge in [-0.05, 0) is 28.1 Å². The molecule has 64 valence electrons. The SMILES string of the molecule is O=C(O)c1cc(Cl)c(Br)cc1O. The highest BCUT2D eigenvalue weighted by Gasteiger charge is 2.11. The molecule has 0 atom stereocenters. The maximum absolute atomic E-state index is 10.5. The average Bonchev–Trinajstić information content (AvgIpc) is 1.96.